The van der Waals surface area contributed by atoms with E-state index in [9.17, 15) is 19.1 Å². The molecule has 8 heteroatoms. The number of halogens is 2. The third-order valence-corrected chi connectivity index (χ3v) is 5.70. The Bertz CT molecular complexity index is 1140. The number of carbonyl (C=O) groups is 2. The monoisotopic (exact) mass is 501 g/mol. The molecule has 0 spiro atoms. The number of nitrogens with one attached hydrogen (secondary N) is 1. The van der Waals surface area contributed by atoms with Crippen molar-refractivity contribution < 1.29 is 28.6 Å². The Morgan fingerprint density at radius 3 is 2.63 bits per heavy atom. The van der Waals surface area contributed by atoms with E-state index < -0.39 is 17.3 Å². The van der Waals surface area contributed by atoms with Gasteiger partial charge in [-0.25, -0.2) is 9.18 Å². The molecule has 0 fully saturated rings. The number of amides is 1. The maximum absolute atomic E-state index is 14.8. The van der Waals surface area contributed by atoms with Crippen LogP contribution in [0.4, 0.5) is 4.39 Å². The van der Waals surface area contributed by atoms with Gasteiger partial charge in [-0.05, 0) is 50.1 Å². The van der Waals surface area contributed by atoms with Crippen molar-refractivity contribution in [3.63, 3.8) is 0 Å². The Morgan fingerprint density at radius 1 is 1.20 bits per heavy atom. The van der Waals surface area contributed by atoms with E-state index in [0.717, 1.165) is 6.42 Å². The van der Waals surface area contributed by atoms with Gasteiger partial charge in [0.05, 0.1) is 28.4 Å². The molecule has 35 heavy (non-hydrogen) atoms. The number of hydrogen-bond donors (Lipinski definition) is 2. The first-order valence-electron chi connectivity index (χ1n) is 11.5. The maximum atomic E-state index is 14.8. The van der Waals surface area contributed by atoms with E-state index in [1.165, 1.54) is 18.2 Å². The summed E-state index contributed by atoms with van der Waals surface area (Å²) in [5, 5.41) is 12.4. The summed E-state index contributed by atoms with van der Waals surface area (Å²) < 4.78 is 26.4. The molecule has 0 aliphatic heterocycles. The molecule has 2 aromatic carbocycles. The van der Waals surface area contributed by atoms with Crippen LogP contribution in [0.2, 0.25) is 5.02 Å². The van der Waals surface area contributed by atoms with E-state index in [4.69, 9.17) is 21.1 Å². The van der Waals surface area contributed by atoms with Gasteiger partial charge < -0.3 is 19.9 Å². The predicted molar refractivity (Wildman–Crippen MR) is 134 cm³/mol. The van der Waals surface area contributed by atoms with Crippen LogP contribution in [0.15, 0.2) is 54.6 Å². The second kappa shape index (κ2) is 12.0. The topological polar surface area (TPSA) is 84.9 Å². The van der Waals surface area contributed by atoms with Gasteiger partial charge in [0, 0.05) is 24.6 Å². The second-order valence-corrected chi connectivity index (χ2v) is 8.88. The van der Waals surface area contributed by atoms with Gasteiger partial charge in [0.1, 0.15) is 11.6 Å². The molecular formula is C27H29ClFNO5. The lowest BCUT2D eigenvalue weighted by molar-refractivity contribution is 0.0567. The zero-order chi connectivity index (χ0) is 25.5. The van der Waals surface area contributed by atoms with E-state index in [-0.39, 0.29) is 41.2 Å². The number of carboxylic acid groups (broad SMARTS) is 1. The molecule has 2 atom stereocenters. The standard InChI is InChI=1S/C27H29ClFNO5/c1-4-12-34-24-11-8-17(20-6-5-7-22(25(20)29)27(32)33)13-18(24)15-30-26(31)21-10-9-19(14-23(21)28)35-16(2)3/h5-11,13-14,16,18,24H,4,12,15H2,1-3H3,(H,30,31)(H,32,33). The van der Waals surface area contributed by atoms with Crippen molar-refractivity contribution in [2.24, 2.45) is 5.92 Å². The molecule has 2 N–H and O–H groups in total. The molecule has 0 saturated heterocycles. The van der Waals surface area contributed by atoms with Gasteiger partial charge in [-0.1, -0.05) is 48.9 Å². The lowest BCUT2D eigenvalue weighted by atomic mass is 9.89. The van der Waals surface area contributed by atoms with Crippen molar-refractivity contribution in [1.29, 1.82) is 0 Å². The number of carboxylic acids is 1. The zero-order valence-corrected chi connectivity index (χ0v) is 20.6. The van der Waals surface area contributed by atoms with Crippen LogP contribution < -0.4 is 10.1 Å². The van der Waals surface area contributed by atoms with Gasteiger partial charge in [0.2, 0.25) is 0 Å². The fraction of sp³-hybridized carbons (Fsp3) is 0.333. The zero-order valence-electron chi connectivity index (χ0n) is 19.9. The molecule has 6 nitrogen and oxygen atoms in total. The first-order valence-corrected chi connectivity index (χ1v) is 11.9. The van der Waals surface area contributed by atoms with Crippen molar-refractivity contribution in [2.75, 3.05) is 13.2 Å². The third-order valence-electron chi connectivity index (χ3n) is 5.39. The molecule has 0 saturated carbocycles. The van der Waals surface area contributed by atoms with Gasteiger partial charge in [0.15, 0.2) is 0 Å². The lowest BCUT2D eigenvalue weighted by Crippen LogP contribution is -2.36. The van der Waals surface area contributed by atoms with Crippen LogP contribution in [0, 0.1) is 11.7 Å². The third kappa shape index (κ3) is 6.71. The average Bonchev–Trinajstić information content (AvgIpc) is 2.81. The van der Waals surface area contributed by atoms with Gasteiger partial charge >= 0.3 is 5.97 Å². The number of hydrogen-bond acceptors (Lipinski definition) is 4. The highest BCUT2D eigenvalue weighted by molar-refractivity contribution is 6.34. The fourth-order valence-corrected chi connectivity index (χ4v) is 4.02. The normalized spacial score (nSPS) is 17.3. The maximum Gasteiger partial charge on any atom is 0.338 e. The lowest BCUT2D eigenvalue weighted by Gasteiger charge is -2.27. The summed E-state index contributed by atoms with van der Waals surface area (Å²) in [5.41, 5.74) is 0.611. The molecule has 1 aliphatic rings. The highest BCUT2D eigenvalue weighted by atomic mass is 35.5. The van der Waals surface area contributed by atoms with Crippen molar-refractivity contribution in [3.8, 4) is 5.75 Å². The molecular weight excluding hydrogens is 473 g/mol. The summed E-state index contributed by atoms with van der Waals surface area (Å²) in [6, 6.07) is 9.15. The first kappa shape index (κ1) is 26.4. The summed E-state index contributed by atoms with van der Waals surface area (Å²) in [5.74, 6) is -2.23. The van der Waals surface area contributed by atoms with E-state index >= 15 is 0 Å². The first-order chi connectivity index (χ1) is 16.7. The van der Waals surface area contributed by atoms with E-state index in [1.807, 2.05) is 20.8 Å². The van der Waals surface area contributed by atoms with Crippen LogP contribution in [0.5, 0.6) is 5.75 Å². The van der Waals surface area contributed by atoms with Gasteiger partial charge in [0.25, 0.3) is 5.91 Å². The molecule has 2 aromatic rings. The number of ether oxygens (including phenoxy) is 2. The van der Waals surface area contributed by atoms with Crippen molar-refractivity contribution in [1.82, 2.24) is 5.32 Å². The van der Waals surface area contributed by atoms with Crippen LogP contribution in [0.3, 0.4) is 0 Å². The Hall–Kier alpha value is -3.16. The van der Waals surface area contributed by atoms with E-state index in [1.54, 1.807) is 36.4 Å². The van der Waals surface area contributed by atoms with E-state index in [2.05, 4.69) is 5.32 Å². The Labute approximate surface area is 209 Å². The number of aromatic carboxylic acids is 1. The molecule has 0 bridgehead atoms. The number of rotatable bonds is 10. The van der Waals surface area contributed by atoms with Gasteiger partial charge in [-0.15, -0.1) is 0 Å². The summed E-state index contributed by atoms with van der Waals surface area (Å²) in [6.45, 7) is 6.52. The quantitative estimate of drug-likeness (QED) is 0.432. The number of allylic oxidation sites excluding steroid dienone is 2. The average molecular weight is 502 g/mol. The van der Waals surface area contributed by atoms with Crippen LogP contribution >= 0.6 is 11.6 Å². The minimum Gasteiger partial charge on any atom is -0.491 e. The van der Waals surface area contributed by atoms with Crippen LogP contribution in [0.1, 0.15) is 53.5 Å². The predicted octanol–water partition coefficient (Wildman–Crippen LogP) is 5.76. The minimum atomic E-state index is -1.33. The minimum absolute atomic E-state index is 0.0211. The molecule has 0 radical (unpaired) electrons. The Morgan fingerprint density at radius 2 is 1.97 bits per heavy atom. The largest absolute Gasteiger partial charge is 0.491 e. The molecule has 0 aromatic heterocycles. The number of benzene rings is 2. The molecule has 0 heterocycles. The molecule has 2 unspecified atom stereocenters. The second-order valence-electron chi connectivity index (χ2n) is 8.47. The number of carbonyl (C=O) groups excluding carboxylic acids is 1. The Kier molecular flexibility index (Phi) is 9.07. The van der Waals surface area contributed by atoms with E-state index in [0.29, 0.717) is 23.5 Å². The summed E-state index contributed by atoms with van der Waals surface area (Å²) in [6.07, 6.45) is 5.78. The molecule has 186 valence electrons. The molecule has 3 rings (SSSR count). The van der Waals surface area contributed by atoms with Gasteiger partial charge in [-0.2, -0.15) is 0 Å². The Balaban J connectivity index is 1.80. The molecule has 1 aliphatic carbocycles. The van der Waals surface area contributed by atoms with Gasteiger partial charge in [-0.3, -0.25) is 4.79 Å². The smallest absolute Gasteiger partial charge is 0.338 e. The SMILES string of the molecule is CCCOC1C=CC(c2cccc(C(=O)O)c2F)=CC1CNC(=O)c1ccc(OC(C)C)cc1Cl. The molecule has 1 amide bonds. The summed E-state index contributed by atoms with van der Waals surface area (Å²) in [7, 11) is 0. The van der Waals surface area contributed by atoms with Crippen molar-refractivity contribution in [2.45, 2.75) is 39.4 Å². The summed E-state index contributed by atoms with van der Waals surface area (Å²) in [4.78, 5) is 24.2. The van der Waals surface area contributed by atoms with Crippen LogP contribution in [-0.4, -0.2) is 42.3 Å². The van der Waals surface area contributed by atoms with Crippen molar-refractivity contribution >= 4 is 29.1 Å². The van der Waals surface area contributed by atoms with Crippen LogP contribution in [0.25, 0.3) is 5.57 Å². The highest BCUT2D eigenvalue weighted by Crippen LogP contribution is 2.30. The highest BCUT2D eigenvalue weighted by Gasteiger charge is 2.25. The van der Waals surface area contributed by atoms with Crippen LogP contribution in [-0.2, 0) is 4.74 Å². The van der Waals surface area contributed by atoms with Crippen molar-refractivity contribution in [3.05, 3.63) is 82.2 Å². The summed E-state index contributed by atoms with van der Waals surface area (Å²) >= 11 is 6.31. The fourth-order valence-electron chi connectivity index (χ4n) is 3.76.